The van der Waals surface area contributed by atoms with Crippen molar-refractivity contribution in [3.63, 3.8) is 0 Å². The van der Waals surface area contributed by atoms with Crippen molar-refractivity contribution >= 4 is 39.7 Å². The summed E-state index contributed by atoms with van der Waals surface area (Å²) in [6.45, 7) is 0.827. The number of halogens is 1. The molecule has 1 heterocycles. The number of para-hydroxylation sites is 1. The maximum atomic E-state index is 12.5. The smallest absolute Gasteiger partial charge is 0.261 e. The number of sulfonamides is 1. The van der Waals surface area contributed by atoms with Crippen LogP contribution in [0, 0.1) is 0 Å². The first kappa shape index (κ1) is 20.2. The Morgan fingerprint density at radius 1 is 1.00 bits per heavy atom. The zero-order valence-electron chi connectivity index (χ0n) is 14.1. The summed E-state index contributed by atoms with van der Waals surface area (Å²) in [5, 5.41) is 5.97. The predicted molar refractivity (Wildman–Crippen MR) is 105 cm³/mol. The molecule has 3 N–H and O–H groups in total. The molecule has 8 heteroatoms. The van der Waals surface area contributed by atoms with Crippen molar-refractivity contribution < 1.29 is 13.2 Å². The van der Waals surface area contributed by atoms with Crippen LogP contribution in [0.25, 0.3) is 0 Å². The predicted octanol–water partition coefficient (Wildman–Crippen LogP) is 2.99. The molecule has 26 heavy (non-hydrogen) atoms. The van der Waals surface area contributed by atoms with Crippen LogP contribution in [0.3, 0.4) is 0 Å². The second kappa shape index (κ2) is 9.02. The average Bonchev–Trinajstić information content (AvgIpc) is 2.63. The normalized spacial score (nSPS) is 17.0. The lowest BCUT2D eigenvalue weighted by molar-refractivity contribution is -0.118. The standard InChI is InChI=1S/C18H21N3O3S.ClH/c22-18(17-11-4-5-12-19-17)20-15-9-6-10-16(13-15)25(23,24)21-14-7-2-1-3-8-14;/h1-3,6-10,13,17,19,21H,4-5,11-12H2,(H,20,22);1H. The minimum absolute atomic E-state index is 0. The Labute approximate surface area is 159 Å². The summed E-state index contributed by atoms with van der Waals surface area (Å²) in [7, 11) is -3.71. The molecule has 0 saturated carbocycles. The molecule has 2 aromatic carbocycles. The molecule has 140 valence electrons. The van der Waals surface area contributed by atoms with E-state index in [1.165, 1.54) is 12.1 Å². The van der Waals surface area contributed by atoms with E-state index in [0.29, 0.717) is 11.4 Å². The second-order valence-corrected chi connectivity index (χ2v) is 7.67. The fourth-order valence-corrected chi connectivity index (χ4v) is 3.87. The van der Waals surface area contributed by atoms with Crippen molar-refractivity contribution in [1.82, 2.24) is 5.32 Å². The molecule has 1 fully saturated rings. The molecular weight excluding hydrogens is 374 g/mol. The second-order valence-electron chi connectivity index (χ2n) is 5.99. The molecular formula is C18H22ClN3O3S. The zero-order valence-corrected chi connectivity index (χ0v) is 15.8. The number of benzene rings is 2. The first-order valence-electron chi connectivity index (χ1n) is 8.27. The number of hydrogen-bond donors (Lipinski definition) is 3. The number of anilines is 2. The van der Waals surface area contributed by atoms with Crippen LogP contribution >= 0.6 is 12.4 Å². The molecule has 2 aromatic rings. The van der Waals surface area contributed by atoms with E-state index in [9.17, 15) is 13.2 Å². The van der Waals surface area contributed by atoms with Crippen LogP contribution in [-0.4, -0.2) is 26.9 Å². The number of hydrogen-bond acceptors (Lipinski definition) is 4. The lowest BCUT2D eigenvalue weighted by Crippen LogP contribution is -2.43. The third-order valence-electron chi connectivity index (χ3n) is 4.06. The molecule has 0 bridgehead atoms. The summed E-state index contributed by atoms with van der Waals surface area (Å²) in [6.07, 6.45) is 2.88. The lowest BCUT2D eigenvalue weighted by atomic mass is 10.0. The summed E-state index contributed by atoms with van der Waals surface area (Å²) in [5.74, 6) is -0.134. The van der Waals surface area contributed by atoms with Gasteiger partial charge in [0.15, 0.2) is 0 Å². The Kier molecular flexibility index (Phi) is 7.02. The highest BCUT2D eigenvalue weighted by Gasteiger charge is 2.21. The molecule has 0 radical (unpaired) electrons. The van der Waals surface area contributed by atoms with Crippen LogP contribution in [0.1, 0.15) is 19.3 Å². The van der Waals surface area contributed by atoms with Crippen LogP contribution in [-0.2, 0) is 14.8 Å². The molecule has 1 unspecified atom stereocenters. The maximum absolute atomic E-state index is 12.5. The van der Waals surface area contributed by atoms with Gasteiger partial charge in [0.05, 0.1) is 10.9 Å². The molecule has 1 aliphatic heterocycles. The fourth-order valence-electron chi connectivity index (χ4n) is 2.77. The zero-order chi connectivity index (χ0) is 17.7. The van der Waals surface area contributed by atoms with Gasteiger partial charge in [-0.2, -0.15) is 0 Å². The van der Waals surface area contributed by atoms with Crippen LogP contribution in [0.4, 0.5) is 11.4 Å². The number of rotatable bonds is 5. The summed E-state index contributed by atoms with van der Waals surface area (Å²) < 4.78 is 27.5. The summed E-state index contributed by atoms with van der Waals surface area (Å²) >= 11 is 0. The highest BCUT2D eigenvalue weighted by atomic mass is 35.5. The Bertz CT molecular complexity index is 838. The van der Waals surface area contributed by atoms with Crippen molar-refractivity contribution in [3.05, 3.63) is 54.6 Å². The molecule has 1 atom stereocenters. The van der Waals surface area contributed by atoms with Gasteiger partial charge >= 0.3 is 0 Å². The van der Waals surface area contributed by atoms with Crippen molar-refractivity contribution in [2.45, 2.75) is 30.2 Å². The summed E-state index contributed by atoms with van der Waals surface area (Å²) in [4.78, 5) is 12.4. The van der Waals surface area contributed by atoms with E-state index >= 15 is 0 Å². The number of amides is 1. The van der Waals surface area contributed by atoms with E-state index in [4.69, 9.17) is 0 Å². The summed E-state index contributed by atoms with van der Waals surface area (Å²) in [6, 6.07) is 14.7. The third kappa shape index (κ3) is 5.20. The van der Waals surface area contributed by atoms with Gasteiger partial charge in [-0.05, 0) is 49.7 Å². The van der Waals surface area contributed by atoms with E-state index in [2.05, 4.69) is 15.4 Å². The van der Waals surface area contributed by atoms with Gasteiger partial charge in [-0.1, -0.05) is 30.7 Å². The minimum Gasteiger partial charge on any atom is -0.325 e. The minimum atomic E-state index is -3.71. The first-order chi connectivity index (χ1) is 12.0. The SMILES string of the molecule is Cl.O=C(Nc1cccc(S(=O)(=O)Nc2ccccc2)c1)C1CCCCN1. The van der Waals surface area contributed by atoms with Crippen molar-refractivity contribution in [1.29, 1.82) is 0 Å². The van der Waals surface area contributed by atoms with Gasteiger partial charge in [0.1, 0.15) is 0 Å². The van der Waals surface area contributed by atoms with E-state index < -0.39 is 10.0 Å². The topological polar surface area (TPSA) is 87.3 Å². The molecule has 1 saturated heterocycles. The van der Waals surface area contributed by atoms with Gasteiger partial charge in [-0.15, -0.1) is 12.4 Å². The molecule has 0 aliphatic carbocycles. The van der Waals surface area contributed by atoms with Crippen molar-refractivity contribution in [2.24, 2.45) is 0 Å². The lowest BCUT2D eigenvalue weighted by Gasteiger charge is -2.22. The van der Waals surface area contributed by atoms with Crippen LogP contribution in [0.15, 0.2) is 59.5 Å². The van der Waals surface area contributed by atoms with Crippen molar-refractivity contribution in [2.75, 3.05) is 16.6 Å². The number of carbonyl (C=O) groups excluding carboxylic acids is 1. The Morgan fingerprint density at radius 3 is 2.42 bits per heavy atom. The number of nitrogens with one attached hydrogen (secondary N) is 3. The highest BCUT2D eigenvalue weighted by Crippen LogP contribution is 2.20. The van der Waals surface area contributed by atoms with Gasteiger partial charge in [0.25, 0.3) is 10.0 Å². The highest BCUT2D eigenvalue weighted by molar-refractivity contribution is 7.92. The van der Waals surface area contributed by atoms with Crippen LogP contribution in [0.2, 0.25) is 0 Å². The van der Waals surface area contributed by atoms with Gasteiger partial charge in [0, 0.05) is 11.4 Å². The number of piperidine rings is 1. The number of carbonyl (C=O) groups is 1. The van der Waals surface area contributed by atoms with E-state index in [-0.39, 0.29) is 29.3 Å². The Morgan fingerprint density at radius 2 is 1.73 bits per heavy atom. The quantitative estimate of drug-likeness (QED) is 0.726. The Balaban J connectivity index is 0.00000243. The van der Waals surface area contributed by atoms with E-state index in [1.54, 1.807) is 36.4 Å². The molecule has 1 amide bonds. The van der Waals surface area contributed by atoms with Gasteiger partial charge in [0.2, 0.25) is 5.91 Å². The monoisotopic (exact) mass is 395 g/mol. The van der Waals surface area contributed by atoms with Crippen LogP contribution < -0.4 is 15.4 Å². The average molecular weight is 396 g/mol. The van der Waals surface area contributed by atoms with Gasteiger partial charge < -0.3 is 10.6 Å². The Hall–Kier alpha value is -2.09. The van der Waals surface area contributed by atoms with Gasteiger partial charge in [-0.3, -0.25) is 9.52 Å². The van der Waals surface area contributed by atoms with Crippen molar-refractivity contribution in [3.8, 4) is 0 Å². The van der Waals surface area contributed by atoms with Crippen LogP contribution in [0.5, 0.6) is 0 Å². The molecule has 0 spiro atoms. The maximum Gasteiger partial charge on any atom is 0.261 e. The fraction of sp³-hybridized carbons (Fsp3) is 0.278. The van der Waals surface area contributed by atoms with E-state index in [0.717, 1.165) is 25.8 Å². The molecule has 0 aromatic heterocycles. The van der Waals surface area contributed by atoms with E-state index in [1.807, 2.05) is 6.07 Å². The third-order valence-corrected chi connectivity index (χ3v) is 5.44. The molecule has 6 nitrogen and oxygen atoms in total. The molecule has 1 aliphatic rings. The van der Waals surface area contributed by atoms with Gasteiger partial charge in [-0.25, -0.2) is 8.42 Å². The molecule has 3 rings (SSSR count). The first-order valence-corrected chi connectivity index (χ1v) is 9.75. The largest absolute Gasteiger partial charge is 0.325 e. The summed E-state index contributed by atoms with van der Waals surface area (Å²) in [5.41, 5.74) is 0.955.